The van der Waals surface area contributed by atoms with Crippen molar-refractivity contribution in [2.45, 2.75) is 18.9 Å². The normalized spacial score (nSPS) is 17.3. The summed E-state index contributed by atoms with van der Waals surface area (Å²) in [6, 6.07) is 13.1. The summed E-state index contributed by atoms with van der Waals surface area (Å²) in [5.74, 6) is -1.96. The number of likely N-dealkylation sites (N-methyl/N-ethyl adjacent to an activating group) is 1. The lowest BCUT2D eigenvalue weighted by Gasteiger charge is -2.21. The molecule has 2 aliphatic rings. The molecule has 2 aliphatic heterocycles. The van der Waals surface area contributed by atoms with Gasteiger partial charge in [0.15, 0.2) is 0 Å². The third kappa shape index (κ3) is 3.78. The van der Waals surface area contributed by atoms with E-state index in [4.69, 9.17) is 16.6 Å². The second kappa shape index (κ2) is 8.08. The Morgan fingerprint density at radius 3 is 2.61 bits per heavy atom. The summed E-state index contributed by atoms with van der Waals surface area (Å²) in [4.78, 5) is 31.3. The summed E-state index contributed by atoms with van der Waals surface area (Å²) >= 11 is 6.27. The number of fused-ring (bicyclic) bond motifs is 2. The zero-order valence-electron chi connectivity index (χ0n) is 17.5. The molecule has 8 heteroatoms. The Labute approximate surface area is 193 Å². The SMILES string of the molecule is CN1C(=O)C(Cc2c(F)cccc2F)N=C(c2ccc3c(c2)NC(=O)C3)c2cc(Cl)ccc21. The number of benzodiazepines with no additional fused rings is 1. The molecule has 166 valence electrons. The van der Waals surface area contributed by atoms with Gasteiger partial charge in [0.1, 0.15) is 17.7 Å². The van der Waals surface area contributed by atoms with Crippen molar-refractivity contribution in [2.75, 3.05) is 17.3 Å². The van der Waals surface area contributed by atoms with Crippen LogP contribution in [0.3, 0.4) is 0 Å². The summed E-state index contributed by atoms with van der Waals surface area (Å²) in [7, 11) is 1.60. The minimum absolute atomic E-state index is 0.101. The molecule has 5 nitrogen and oxygen atoms in total. The van der Waals surface area contributed by atoms with Gasteiger partial charge in [-0.15, -0.1) is 0 Å². The standard InChI is InChI=1S/C25H18ClF2N3O2/c1-31-22-8-7-15(26)11-17(22)24(14-6-5-13-10-23(32)29-20(13)9-14)30-21(25(31)33)12-16-18(27)3-2-4-19(16)28/h2-9,11,21H,10,12H2,1H3,(H,29,32). The van der Waals surface area contributed by atoms with Gasteiger partial charge in [0.25, 0.3) is 5.91 Å². The molecule has 2 heterocycles. The topological polar surface area (TPSA) is 61.8 Å². The van der Waals surface area contributed by atoms with Gasteiger partial charge in [-0.05, 0) is 42.0 Å². The molecule has 33 heavy (non-hydrogen) atoms. The molecule has 3 aromatic rings. The second-order valence-corrected chi connectivity index (χ2v) is 8.49. The minimum Gasteiger partial charge on any atom is -0.326 e. The summed E-state index contributed by atoms with van der Waals surface area (Å²) in [6.07, 6.45) is 0.0511. The Kier molecular flexibility index (Phi) is 5.21. The number of amides is 2. The fraction of sp³-hybridized carbons (Fsp3) is 0.160. The maximum atomic E-state index is 14.4. The summed E-state index contributed by atoms with van der Waals surface area (Å²) in [5, 5.41) is 3.27. The van der Waals surface area contributed by atoms with Crippen LogP contribution in [0.2, 0.25) is 5.02 Å². The van der Waals surface area contributed by atoms with Crippen molar-refractivity contribution in [1.29, 1.82) is 0 Å². The number of hydrogen-bond donors (Lipinski definition) is 1. The van der Waals surface area contributed by atoms with Gasteiger partial charge in [-0.2, -0.15) is 0 Å². The maximum absolute atomic E-state index is 14.4. The Balaban J connectivity index is 1.68. The largest absolute Gasteiger partial charge is 0.326 e. The van der Waals surface area contributed by atoms with Crippen LogP contribution in [-0.4, -0.2) is 30.6 Å². The Morgan fingerprint density at radius 2 is 1.85 bits per heavy atom. The van der Waals surface area contributed by atoms with Crippen LogP contribution < -0.4 is 10.2 Å². The van der Waals surface area contributed by atoms with Crippen LogP contribution in [0.1, 0.15) is 22.3 Å². The molecule has 0 bridgehead atoms. The van der Waals surface area contributed by atoms with Gasteiger partial charge in [-0.3, -0.25) is 14.6 Å². The number of benzene rings is 3. The van der Waals surface area contributed by atoms with Gasteiger partial charge in [0, 0.05) is 40.9 Å². The number of anilines is 2. The number of rotatable bonds is 3. The molecule has 2 amide bonds. The number of carbonyl (C=O) groups is 2. The van der Waals surface area contributed by atoms with Gasteiger partial charge in [0.2, 0.25) is 5.91 Å². The molecule has 0 aliphatic carbocycles. The maximum Gasteiger partial charge on any atom is 0.251 e. The number of aliphatic imine (C=N–C) groups is 1. The molecule has 0 saturated heterocycles. The molecular formula is C25H18ClF2N3O2. The lowest BCUT2D eigenvalue weighted by molar-refractivity contribution is -0.119. The van der Waals surface area contributed by atoms with Crippen molar-refractivity contribution in [3.05, 3.63) is 93.5 Å². The lowest BCUT2D eigenvalue weighted by atomic mass is 9.98. The predicted octanol–water partition coefficient (Wildman–Crippen LogP) is 4.54. The van der Waals surface area contributed by atoms with E-state index in [1.54, 1.807) is 31.3 Å². The smallest absolute Gasteiger partial charge is 0.251 e. The highest BCUT2D eigenvalue weighted by molar-refractivity contribution is 6.32. The van der Waals surface area contributed by atoms with E-state index in [1.807, 2.05) is 12.1 Å². The Hall–Kier alpha value is -3.58. The van der Waals surface area contributed by atoms with Crippen LogP contribution in [0.25, 0.3) is 0 Å². The van der Waals surface area contributed by atoms with Gasteiger partial charge < -0.3 is 10.2 Å². The third-order valence-corrected chi connectivity index (χ3v) is 6.18. The highest BCUT2D eigenvalue weighted by Gasteiger charge is 2.32. The Bertz CT molecular complexity index is 1340. The average molecular weight is 466 g/mol. The highest BCUT2D eigenvalue weighted by Crippen LogP contribution is 2.33. The van der Waals surface area contributed by atoms with Gasteiger partial charge >= 0.3 is 0 Å². The molecule has 1 unspecified atom stereocenters. The molecule has 1 N–H and O–H groups in total. The van der Waals surface area contributed by atoms with Gasteiger partial charge in [-0.1, -0.05) is 29.8 Å². The second-order valence-electron chi connectivity index (χ2n) is 8.05. The number of hydrogen-bond acceptors (Lipinski definition) is 3. The molecule has 0 saturated carbocycles. The molecule has 0 fully saturated rings. The first-order chi connectivity index (χ1) is 15.8. The first kappa shape index (κ1) is 21.3. The van der Waals surface area contributed by atoms with Crippen molar-refractivity contribution in [3.8, 4) is 0 Å². The van der Waals surface area contributed by atoms with Gasteiger partial charge in [-0.25, -0.2) is 8.78 Å². The van der Waals surface area contributed by atoms with E-state index >= 15 is 0 Å². The molecule has 5 rings (SSSR count). The zero-order chi connectivity index (χ0) is 23.3. The fourth-order valence-electron chi connectivity index (χ4n) is 4.26. The van der Waals surface area contributed by atoms with Gasteiger partial charge in [0.05, 0.1) is 17.8 Å². The molecule has 0 spiro atoms. The van der Waals surface area contributed by atoms with Crippen molar-refractivity contribution in [1.82, 2.24) is 0 Å². The van der Waals surface area contributed by atoms with Crippen LogP contribution in [0, 0.1) is 11.6 Å². The van der Waals surface area contributed by atoms with E-state index in [9.17, 15) is 18.4 Å². The van der Waals surface area contributed by atoms with Crippen LogP contribution in [0.15, 0.2) is 59.6 Å². The van der Waals surface area contributed by atoms with Crippen molar-refractivity contribution in [2.24, 2.45) is 4.99 Å². The monoisotopic (exact) mass is 465 g/mol. The summed E-state index contributed by atoms with van der Waals surface area (Å²) in [6.45, 7) is 0. The molecular weight excluding hydrogens is 448 g/mol. The number of nitrogens with one attached hydrogen (secondary N) is 1. The van der Waals surface area contributed by atoms with E-state index in [0.29, 0.717) is 39.7 Å². The summed E-state index contributed by atoms with van der Waals surface area (Å²) in [5.41, 5.74) is 3.63. The van der Waals surface area contributed by atoms with E-state index in [1.165, 1.54) is 11.0 Å². The van der Waals surface area contributed by atoms with Crippen LogP contribution in [-0.2, 0) is 22.4 Å². The average Bonchev–Trinajstić information content (AvgIpc) is 3.12. The molecule has 1 atom stereocenters. The Morgan fingerprint density at radius 1 is 1.09 bits per heavy atom. The predicted molar refractivity (Wildman–Crippen MR) is 123 cm³/mol. The number of nitrogens with zero attached hydrogens (tertiary/aromatic N) is 2. The molecule has 0 aromatic heterocycles. The van der Waals surface area contributed by atoms with E-state index in [-0.39, 0.29) is 17.9 Å². The zero-order valence-corrected chi connectivity index (χ0v) is 18.3. The third-order valence-electron chi connectivity index (χ3n) is 5.94. The van der Waals surface area contributed by atoms with Crippen LogP contribution in [0.4, 0.5) is 20.2 Å². The first-order valence-electron chi connectivity index (χ1n) is 10.3. The summed E-state index contributed by atoms with van der Waals surface area (Å²) < 4.78 is 28.8. The quantitative estimate of drug-likeness (QED) is 0.617. The number of carbonyl (C=O) groups excluding carboxylic acids is 2. The first-order valence-corrected chi connectivity index (χ1v) is 10.7. The van der Waals surface area contributed by atoms with Crippen molar-refractivity contribution >= 4 is 40.5 Å². The van der Waals surface area contributed by atoms with Crippen LogP contribution >= 0.6 is 11.6 Å². The number of halogens is 3. The highest BCUT2D eigenvalue weighted by atomic mass is 35.5. The van der Waals surface area contributed by atoms with E-state index in [2.05, 4.69) is 5.32 Å². The minimum atomic E-state index is -1.06. The fourth-order valence-corrected chi connectivity index (χ4v) is 4.43. The van der Waals surface area contributed by atoms with Crippen molar-refractivity contribution in [3.63, 3.8) is 0 Å². The van der Waals surface area contributed by atoms with Crippen molar-refractivity contribution < 1.29 is 18.4 Å². The van der Waals surface area contributed by atoms with E-state index in [0.717, 1.165) is 17.7 Å². The van der Waals surface area contributed by atoms with Crippen LogP contribution in [0.5, 0.6) is 0 Å². The molecule has 3 aromatic carbocycles. The lowest BCUT2D eigenvalue weighted by Crippen LogP contribution is -2.36. The van der Waals surface area contributed by atoms with E-state index < -0.39 is 23.6 Å². The molecule has 0 radical (unpaired) electrons.